The molecule has 0 aliphatic heterocycles. The molecule has 1 unspecified atom stereocenters. The fraction of sp³-hybridized carbons (Fsp3) is 0.267. The van der Waals surface area contributed by atoms with Crippen molar-refractivity contribution in [1.29, 1.82) is 0 Å². The number of pyridine rings is 1. The van der Waals surface area contributed by atoms with Gasteiger partial charge in [0.1, 0.15) is 5.15 Å². The summed E-state index contributed by atoms with van der Waals surface area (Å²) in [6.07, 6.45) is 1.68. The van der Waals surface area contributed by atoms with Crippen LogP contribution in [0.4, 0.5) is 0 Å². The third-order valence-corrected chi connectivity index (χ3v) is 3.40. The minimum absolute atomic E-state index is 0.443. The Kier molecular flexibility index (Phi) is 4.00. The summed E-state index contributed by atoms with van der Waals surface area (Å²) in [5.41, 5.74) is 4.40. The van der Waals surface area contributed by atoms with Gasteiger partial charge < -0.3 is 5.11 Å². The zero-order valence-corrected chi connectivity index (χ0v) is 11.3. The summed E-state index contributed by atoms with van der Waals surface area (Å²) in [7, 11) is 0. The minimum atomic E-state index is -0.547. The first-order valence-corrected chi connectivity index (χ1v) is 6.30. The van der Waals surface area contributed by atoms with E-state index in [9.17, 15) is 5.11 Å². The van der Waals surface area contributed by atoms with Crippen molar-refractivity contribution >= 4 is 11.6 Å². The van der Waals surface area contributed by atoms with Gasteiger partial charge in [-0.15, -0.1) is 0 Å². The van der Waals surface area contributed by atoms with Gasteiger partial charge in [-0.1, -0.05) is 35.9 Å². The number of aliphatic hydroxyl groups excluding tert-OH is 1. The molecule has 0 bridgehead atoms. The van der Waals surface area contributed by atoms with Crippen LogP contribution in [0.3, 0.4) is 0 Å². The lowest BCUT2D eigenvalue weighted by molar-refractivity contribution is 0.177. The number of halogens is 1. The summed E-state index contributed by atoms with van der Waals surface area (Å²) >= 11 is 5.73. The SMILES string of the molecule is Cc1cccc(C)c1CC(O)c1ccc(Cl)nc1. The van der Waals surface area contributed by atoms with E-state index >= 15 is 0 Å². The molecule has 0 radical (unpaired) electrons. The number of rotatable bonds is 3. The maximum Gasteiger partial charge on any atom is 0.129 e. The Morgan fingerprint density at radius 1 is 1.17 bits per heavy atom. The number of aliphatic hydroxyl groups is 1. The van der Waals surface area contributed by atoms with Gasteiger partial charge in [-0.2, -0.15) is 0 Å². The second-order valence-electron chi connectivity index (χ2n) is 4.50. The van der Waals surface area contributed by atoms with Crippen LogP contribution in [0.15, 0.2) is 36.5 Å². The van der Waals surface area contributed by atoms with Gasteiger partial charge in [0.2, 0.25) is 0 Å². The molecule has 0 fully saturated rings. The quantitative estimate of drug-likeness (QED) is 0.856. The highest BCUT2D eigenvalue weighted by Gasteiger charge is 2.12. The van der Waals surface area contributed by atoms with Crippen LogP contribution in [0.1, 0.15) is 28.4 Å². The summed E-state index contributed by atoms with van der Waals surface area (Å²) in [4.78, 5) is 3.99. The van der Waals surface area contributed by atoms with E-state index in [2.05, 4.69) is 31.0 Å². The zero-order valence-electron chi connectivity index (χ0n) is 10.5. The fourth-order valence-electron chi connectivity index (χ4n) is 2.07. The highest BCUT2D eigenvalue weighted by molar-refractivity contribution is 6.29. The third kappa shape index (κ3) is 2.89. The van der Waals surface area contributed by atoms with Crippen molar-refractivity contribution in [3.05, 3.63) is 63.9 Å². The van der Waals surface area contributed by atoms with Gasteiger partial charge in [0.25, 0.3) is 0 Å². The van der Waals surface area contributed by atoms with E-state index in [1.54, 1.807) is 12.3 Å². The zero-order chi connectivity index (χ0) is 13.1. The summed E-state index contributed by atoms with van der Waals surface area (Å²) in [5.74, 6) is 0. The molecule has 2 aromatic rings. The molecule has 0 saturated heterocycles. The van der Waals surface area contributed by atoms with Gasteiger partial charge in [-0.25, -0.2) is 4.98 Å². The molecule has 0 aliphatic rings. The van der Waals surface area contributed by atoms with Crippen LogP contribution >= 0.6 is 11.6 Å². The van der Waals surface area contributed by atoms with E-state index in [1.165, 1.54) is 16.7 Å². The van der Waals surface area contributed by atoms with Crippen molar-refractivity contribution in [2.75, 3.05) is 0 Å². The number of hydrogen-bond donors (Lipinski definition) is 1. The minimum Gasteiger partial charge on any atom is -0.388 e. The van der Waals surface area contributed by atoms with Crippen LogP contribution < -0.4 is 0 Å². The molecule has 0 aliphatic carbocycles. The molecular weight excluding hydrogens is 246 g/mol. The predicted molar refractivity (Wildman–Crippen MR) is 73.8 cm³/mol. The summed E-state index contributed by atoms with van der Waals surface area (Å²) in [5, 5.41) is 10.7. The largest absolute Gasteiger partial charge is 0.388 e. The molecule has 1 N–H and O–H groups in total. The summed E-state index contributed by atoms with van der Waals surface area (Å²) in [6, 6.07) is 9.67. The Hall–Kier alpha value is -1.38. The van der Waals surface area contributed by atoms with Crippen molar-refractivity contribution in [1.82, 2.24) is 4.98 Å². The number of aryl methyl sites for hydroxylation is 2. The number of benzene rings is 1. The Morgan fingerprint density at radius 2 is 1.83 bits per heavy atom. The maximum atomic E-state index is 10.2. The molecule has 0 amide bonds. The third-order valence-electron chi connectivity index (χ3n) is 3.18. The van der Waals surface area contributed by atoms with Crippen LogP contribution in [-0.4, -0.2) is 10.1 Å². The average Bonchev–Trinajstić information content (AvgIpc) is 2.34. The van der Waals surface area contributed by atoms with E-state index in [1.807, 2.05) is 12.1 Å². The van der Waals surface area contributed by atoms with E-state index in [0.717, 1.165) is 5.56 Å². The van der Waals surface area contributed by atoms with Crippen LogP contribution in [-0.2, 0) is 6.42 Å². The van der Waals surface area contributed by atoms with Crippen molar-refractivity contribution in [2.45, 2.75) is 26.4 Å². The van der Waals surface area contributed by atoms with E-state index in [0.29, 0.717) is 11.6 Å². The van der Waals surface area contributed by atoms with Crippen LogP contribution in [0.25, 0.3) is 0 Å². The first kappa shape index (κ1) is 13.1. The monoisotopic (exact) mass is 261 g/mol. The normalized spacial score (nSPS) is 12.4. The number of aromatic nitrogens is 1. The van der Waals surface area contributed by atoms with Crippen molar-refractivity contribution in [2.24, 2.45) is 0 Å². The summed E-state index contributed by atoms with van der Waals surface area (Å²) < 4.78 is 0. The Labute approximate surface area is 112 Å². The number of nitrogens with zero attached hydrogens (tertiary/aromatic N) is 1. The van der Waals surface area contributed by atoms with Gasteiger partial charge in [-0.3, -0.25) is 0 Å². The van der Waals surface area contributed by atoms with Crippen LogP contribution in [0.5, 0.6) is 0 Å². The molecule has 0 spiro atoms. The second kappa shape index (κ2) is 5.51. The van der Waals surface area contributed by atoms with Gasteiger partial charge in [0.15, 0.2) is 0 Å². The molecule has 1 aromatic carbocycles. The van der Waals surface area contributed by atoms with E-state index in [-0.39, 0.29) is 0 Å². The van der Waals surface area contributed by atoms with E-state index in [4.69, 9.17) is 11.6 Å². The van der Waals surface area contributed by atoms with E-state index < -0.39 is 6.10 Å². The topological polar surface area (TPSA) is 33.1 Å². The average molecular weight is 262 g/mol. The maximum absolute atomic E-state index is 10.2. The first-order valence-electron chi connectivity index (χ1n) is 5.92. The molecule has 18 heavy (non-hydrogen) atoms. The fourth-order valence-corrected chi connectivity index (χ4v) is 2.18. The molecule has 94 valence electrons. The Balaban J connectivity index is 2.21. The van der Waals surface area contributed by atoms with Gasteiger partial charge in [0.05, 0.1) is 6.10 Å². The highest BCUT2D eigenvalue weighted by Crippen LogP contribution is 2.23. The lowest BCUT2D eigenvalue weighted by Gasteiger charge is -2.14. The standard InChI is InChI=1S/C15H16ClNO/c1-10-4-3-5-11(2)13(10)8-14(18)12-6-7-15(16)17-9-12/h3-7,9,14,18H,8H2,1-2H3. The lowest BCUT2D eigenvalue weighted by atomic mass is 9.95. The van der Waals surface area contributed by atoms with Crippen LogP contribution in [0, 0.1) is 13.8 Å². The Morgan fingerprint density at radius 3 is 2.39 bits per heavy atom. The predicted octanol–water partition coefficient (Wildman–Crippen LogP) is 3.63. The molecule has 1 atom stereocenters. The lowest BCUT2D eigenvalue weighted by Crippen LogP contribution is -2.05. The molecule has 3 heteroatoms. The molecule has 1 aromatic heterocycles. The van der Waals surface area contributed by atoms with Gasteiger partial charge in [-0.05, 0) is 42.2 Å². The Bertz CT molecular complexity index is 516. The first-order chi connectivity index (χ1) is 8.58. The second-order valence-corrected chi connectivity index (χ2v) is 4.89. The molecule has 2 nitrogen and oxygen atoms in total. The van der Waals surface area contributed by atoms with Crippen LogP contribution in [0.2, 0.25) is 5.15 Å². The molecule has 1 heterocycles. The van der Waals surface area contributed by atoms with Crippen molar-refractivity contribution in [3.63, 3.8) is 0 Å². The summed E-state index contributed by atoms with van der Waals surface area (Å²) in [6.45, 7) is 4.13. The van der Waals surface area contributed by atoms with Gasteiger partial charge >= 0.3 is 0 Å². The van der Waals surface area contributed by atoms with Gasteiger partial charge in [0, 0.05) is 12.6 Å². The molecule has 2 rings (SSSR count). The number of hydrogen-bond acceptors (Lipinski definition) is 2. The molecular formula is C15H16ClNO. The molecule has 0 saturated carbocycles. The highest BCUT2D eigenvalue weighted by atomic mass is 35.5. The van der Waals surface area contributed by atoms with Crippen molar-refractivity contribution in [3.8, 4) is 0 Å². The van der Waals surface area contributed by atoms with Crippen molar-refractivity contribution < 1.29 is 5.11 Å². The smallest absolute Gasteiger partial charge is 0.129 e.